The van der Waals surface area contributed by atoms with Gasteiger partial charge in [0, 0.05) is 22.7 Å². The summed E-state index contributed by atoms with van der Waals surface area (Å²) in [5.74, 6) is -0.525. The molecule has 0 aliphatic carbocycles. The molecule has 3 rings (SSSR count). The number of carboxylic acid groups (broad SMARTS) is 1. The molecule has 146 valence electrons. The van der Waals surface area contributed by atoms with E-state index < -0.39 is 16.0 Å². The average Bonchev–Trinajstić information content (AvgIpc) is 3.19. The van der Waals surface area contributed by atoms with Crippen molar-refractivity contribution in [3.05, 3.63) is 65.0 Å². The first kappa shape index (κ1) is 19.9. The summed E-state index contributed by atoms with van der Waals surface area (Å²) in [6, 6.07) is 13.4. The van der Waals surface area contributed by atoms with Gasteiger partial charge in [-0.1, -0.05) is 18.2 Å². The molecular formula is C19H18N2O5S2. The minimum Gasteiger partial charge on any atom is -0.497 e. The van der Waals surface area contributed by atoms with Crippen molar-refractivity contribution in [3.63, 3.8) is 0 Å². The van der Waals surface area contributed by atoms with Crippen LogP contribution in [0.5, 0.6) is 5.75 Å². The number of hydrogen-bond acceptors (Lipinski definition) is 6. The second-order valence-corrected chi connectivity index (χ2v) is 8.40. The van der Waals surface area contributed by atoms with Gasteiger partial charge in [0.1, 0.15) is 5.75 Å². The molecule has 0 saturated heterocycles. The van der Waals surface area contributed by atoms with E-state index in [1.54, 1.807) is 36.8 Å². The Morgan fingerprint density at radius 3 is 2.46 bits per heavy atom. The van der Waals surface area contributed by atoms with Gasteiger partial charge >= 0.3 is 5.97 Å². The highest BCUT2D eigenvalue weighted by molar-refractivity contribution is 7.89. The van der Waals surface area contributed by atoms with Crippen molar-refractivity contribution in [1.29, 1.82) is 0 Å². The topological polar surface area (TPSA) is 119 Å². The summed E-state index contributed by atoms with van der Waals surface area (Å²) < 4.78 is 29.5. The van der Waals surface area contributed by atoms with Gasteiger partial charge in [-0.25, -0.2) is 18.4 Å². The van der Waals surface area contributed by atoms with Crippen LogP contribution >= 0.6 is 11.3 Å². The third-order valence-corrected chi connectivity index (χ3v) is 5.89. The molecule has 2 aromatic carbocycles. The fraction of sp³-hybridized carbons (Fsp3) is 0.105. The van der Waals surface area contributed by atoms with Gasteiger partial charge in [0.2, 0.25) is 10.0 Å². The van der Waals surface area contributed by atoms with E-state index in [1.165, 1.54) is 17.4 Å². The number of sulfonamides is 1. The van der Waals surface area contributed by atoms with E-state index in [0.29, 0.717) is 28.4 Å². The van der Waals surface area contributed by atoms with Gasteiger partial charge in [-0.3, -0.25) is 0 Å². The summed E-state index contributed by atoms with van der Waals surface area (Å²) in [5.41, 5.74) is 1.48. The number of nitrogens with one attached hydrogen (secondary N) is 1. The SMILES string of the molecule is COc1ccc(CNc2cc(C(=O)O)cc(S(N)(=O)=O)c2-c2cccs2)cc1. The van der Waals surface area contributed by atoms with Gasteiger partial charge in [0.15, 0.2) is 0 Å². The van der Waals surface area contributed by atoms with Crippen LogP contribution in [0.4, 0.5) is 5.69 Å². The fourth-order valence-corrected chi connectivity index (χ4v) is 4.38. The number of methoxy groups -OCH3 is 1. The molecular weight excluding hydrogens is 400 g/mol. The molecule has 7 nitrogen and oxygen atoms in total. The Hall–Kier alpha value is -2.88. The first-order valence-electron chi connectivity index (χ1n) is 8.14. The van der Waals surface area contributed by atoms with Crippen LogP contribution < -0.4 is 15.2 Å². The quantitative estimate of drug-likeness (QED) is 0.541. The van der Waals surface area contributed by atoms with Gasteiger partial charge in [0.05, 0.1) is 17.6 Å². The number of aromatic carboxylic acids is 1. The summed E-state index contributed by atoms with van der Waals surface area (Å²) in [5, 5.41) is 19.7. The van der Waals surface area contributed by atoms with E-state index in [-0.39, 0.29) is 10.5 Å². The average molecular weight is 418 g/mol. The molecule has 0 radical (unpaired) electrons. The lowest BCUT2D eigenvalue weighted by molar-refractivity contribution is 0.0696. The Labute approximate surface area is 166 Å². The van der Waals surface area contributed by atoms with Crippen molar-refractivity contribution in [2.24, 2.45) is 5.14 Å². The Bertz CT molecular complexity index is 1090. The molecule has 3 aromatic rings. The zero-order valence-electron chi connectivity index (χ0n) is 14.9. The largest absolute Gasteiger partial charge is 0.497 e. The standard InChI is InChI=1S/C19H18N2O5S2/c1-26-14-6-4-12(5-7-14)11-21-15-9-13(19(22)23)10-17(28(20,24)25)18(15)16-3-2-8-27-16/h2-10,21H,11H2,1H3,(H,22,23)(H2,20,24,25). The molecule has 4 N–H and O–H groups in total. The molecule has 1 heterocycles. The van der Waals surface area contributed by atoms with Crippen LogP contribution in [0.1, 0.15) is 15.9 Å². The number of carboxylic acids is 1. The number of benzene rings is 2. The van der Waals surface area contributed by atoms with Gasteiger partial charge in [-0.05, 0) is 41.3 Å². The molecule has 1 aromatic heterocycles. The molecule has 0 unspecified atom stereocenters. The molecule has 0 spiro atoms. The third kappa shape index (κ3) is 4.33. The normalized spacial score (nSPS) is 11.2. The Balaban J connectivity index is 2.09. The van der Waals surface area contributed by atoms with E-state index in [1.807, 2.05) is 12.1 Å². The van der Waals surface area contributed by atoms with Crippen LogP contribution in [0.2, 0.25) is 0 Å². The highest BCUT2D eigenvalue weighted by Crippen LogP contribution is 2.38. The number of thiophene rings is 1. The smallest absolute Gasteiger partial charge is 0.335 e. The van der Waals surface area contributed by atoms with Crippen molar-refractivity contribution < 1.29 is 23.1 Å². The number of anilines is 1. The lowest BCUT2D eigenvalue weighted by atomic mass is 10.1. The summed E-state index contributed by atoms with van der Waals surface area (Å²) in [4.78, 5) is 11.9. The lowest BCUT2D eigenvalue weighted by Crippen LogP contribution is -2.16. The molecule has 0 amide bonds. The van der Waals surface area contributed by atoms with Crippen LogP contribution in [0.3, 0.4) is 0 Å². The predicted molar refractivity (Wildman–Crippen MR) is 108 cm³/mol. The van der Waals surface area contributed by atoms with E-state index in [0.717, 1.165) is 11.6 Å². The maximum atomic E-state index is 12.2. The number of hydrogen-bond donors (Lipinski definition) is 3. The Kier molecular flexibility index (Phi) is 5.68. The van der Waals surface area contributed by atoms with Gasteiger partial charge < -0.3 is 15.2 Å². The van der Waals surface area contributed by atoms with Crippen molar-refractivity contribution in [1.82, 2.24) is 0 Å². The van der Waals surface area contributed by atoms with Crippen molar-refractivity contribution in [3.8, 4) is 16.2 Å². The van der Waals surface area contributed by atoms with E-state index in [2.05, 4.69) is 5.32 Å². The second-order valence-electron chi connectivity index (χ2n) is 5.93. The highest BCUT2D eigenvalue weighted by Gasteiger charge is 2.23. The lowest BCUT2D eigenvalue weighted by Gasteiger charge is -2.16. The van der Waals surface area contributed by atoms with Crippen molar-refractivity contribution >= 4 is 33.0 Å². The summed E-state index contributed by atoms with van der Waals surface area (Å²) in [6.45, 7) is 0.357. The van der Waals surface area contributed by atoms with E-state index >= 15 is 0 Å². The van der Waals surface area contributed by atoms with Crippen LogP contribution in [0.15, 0.2) is 58.8 Å². The first-order valence-corrected chi connectivity index (χ1v) is 10.6. The molecule has 28 heavy (non-hydrogen) atoms. The maximum Gasteiger partial charge on any atom is 0.335 e. The van der Waals surface area contributed by atoms with Crippen LogP contribution in [0.25, 0.3) is 10.4 Å². The van der Waals surface area contributed by atoms with Gasteiger partial charge in [-0.15, -0.1) is 11.3 Å². The highest BCUT2D eigenvalue weighted by atomic mass is 32.2. The first-order chi connectivity index (χ1) is 13.3. The summed E-state index contributed by atoms with van der Waals surface area (Å²) in [6.07, 6.45) is 0. The zero-order chi connectivity index (χ0) is 20.3. The zero-order valence-corrected chi connectivity index (χ0v) is 16.5. The Morgan fingerprint density at radius 1 is 1.21 bits per heavy atom. The minimum absolute atomic E-state index is 0.165. The van der Waals surface area contributed by atoms with E-state index in [9.17, 15) is 18.3 Å². The summed E-state index contributed by atoms with van der Waals surface area (Å²) in [7, 11) is -2.57. The van der Waals surface area contributed by atoms with Crippen molar-refractivity contribution in [2.45, 2.75) is 11.4 Å². The number of carbonyl (C=O) groups is 1. The van der Waals surface area contributed by atoms with Gasteiger partial charge in [0.25, 0.3) is 0 Å². The monoisotopic (exact) mass is 418 g/mol. The Morgan fingerprint density at radius 2 is 1.93 bits per heavy atom. The number of nitrogens with two attached hydrogens (primary N) is 1. The number of rotatable bonds is 7. The fourth-order valence-electron chi connectivity index (χ4n) is 2.72. The van der Waals surface area contributed by atoms with Gasteiger partial charge in [-0.2, -0.15) is 0 Å². The molecule has 0 saturated carbocycles. The number of primary sulfonamides is 1. The second kappa shape index (κ2) is 8.01. The molecule has 0 aliphatic rings. The van der Waals surface area contributed by atoms with Crippen molar-refractivity contribution in [2.75, 3.05) is 12.4 Å². The summed E-state index contributed by atoms with van der Waals surface area (Å²) >= 11 is 1.34. The molecule has 0 aliphatic heterocycles. The van der Waals surface area contributed by atoms with Crippen LogP contribution in [-0.2, 0) is 16.6 Å². The van der Waals surface area contributed by atoms with Crippen LogP contribution in [-0.4, -0.2) is 26.6 Å². The minimum atomic E-state index is -4.14. The third-order valence-electron chi connectivity index (χ3n) is 4.07. The molecule has 9 heteroatoms. The molecule has 0 atom stereocenters. The molecule has 0 bridgehead atoms. The predicted octanol–water partition coefficient (Wildman–Crippen LogP) is 3.38. The van der Waals surface area contributed by atoms with Crippen LogP contribution in [0, 0.1) is 0 Å². The maximum absolute atomic E-state index is 12.2. The van der Waals surface area contributed by atoms with E-state index in [4.69, 9.17) is 9.88 Å². The molecule has 0 fully saturated rings. The number of ether oxygens (including phenoxy) is 1.